The Bertz CT molecular complexity index is 1110. The molecular formula is C26H30N2O3S. The van der Waals surface area contributed by atoms with Gasteiger partial charge >= 0.3 is 0 Å². The number of benzene rings is 2. The number of rotatable bonds is 11. The number of allylic oxidation sites excluding steroid dienone is 1. The quantitative estimate of drug-likeness (QED) is 0.406. The van der Waals surface area contributed by atoms with Crippen LogP contribution >= 0.6 is 0 Å². The van der Waals surface area contributed by atoms with Crippen molar-refractivity contribution >= 4 is 15.6 Å². The van der Waals surface area contributed by atoms with E-state index in [9.17, 15) is 8.42 Å². The summed E-state index contributed by atoms with van der Waals surface area (Å²) in [6.07, 6.45) is 9.88. The van der Waals surface area contributed by atoms with Gasteiger partial charge < -0.3 is 4.74 Å². The highest BCUT2D eigenvalue weighted by Gasteiger charge is 2.13. The number of nitrogens with zero attached hydrogens (tertiary/aromatic N) is 1. The second-order valence-corrected chi connectivity index (χ2v) is 9.29. The van der Waals surface area contributed by atoms with E-state index in [1.807, 2.05) is 12.3 Å². The largest absolute Gasteiger partial charge is 0.497 e. The van der Waals surface area contributed by atoms with Crippen LogP contribution in [-0.4, -0.2) is 27.1 Å². The fraction of sp³-hybridized carbons (Fsp3) is 0.269. The van der Waals surface area contributed by atoms with Crippen LogP contribution in [0.3, 0.4) is 0 Å². The molecule has 0 aliphatic heterocycles. The molecule has 0 aliphatic carbocycles. The van der Waals surface area contributed by atoms with Crippen molar-refractivity contribution in [2.45, 2.75) is 37.5 Å². The van der Waals surface area contributed by atoms with Gasteiger partial charge in [0.15, 0.2) is 0 Å². The van der Waals surface area contributed by atoms with Gasteiger partial charge in [-0.1, -0.05) is 56.2 Å². The molecule has 1 N–H and O–H groups in total. The molecule has 1 heterocycles. The average molecular weight is 451 g/mol. The van der Waals surface area contributed by atoms with Gasteiger partial charge in [-0.05, 0) is 59.9 Å². The molecule has 0 aliphatic rings. The Morgan fingerprint density at radius 1 is 1.03 bits per heavy atom. The number of hydrogen-bond donors (Lipinski definition) is 1. The first-order valence-corrected chi connectivity index (χ1v) is 12.4. The van der Waals surface area contributed by atoms with E-state index in [4.69, 9.17) is 4.74 Å². The molecule has 5 nitrogen and oxygen atoms in total. The molecule has 0 saturated carbocycles. The van der Waals surface area contributed by atoms with Crippen LogP contribution in [0.4, 0.5) is 0 Å². The molecule has 0 saturated heterocycles. The van der Waals surface area contributed by atoms with Gasteiger partial charge in [-0.25, -0.2) is 13.1 Å². The molecular weight excluding hydrogens is 420 g/mol. The van der Waals surface area contributed by atoms with E-state index in [1.54, 1.807) is 37.6 Å². The summed E-state index contributed by atoms with van der Waals surface area (Å²) >= 11 is 0. The third kappa shape index (κ3) is 6.52. The van der Waals surface area contributed by atoms with Crippen molar-refractivity contribution in [2.24, 2.45) is 0 Å². The number of ether oxygens (including phenoxy) is 1. The molecule has 2 aromatic carbocycles. The second kappa shape index (κ2) is 11.6. The van der Waals surface area contributed by atoms with Crippen LogP contribution in [0.25, 0.3) is 5.57 Å². The minimum absolute atomic E-state index is 0.229. The Balaban J connectivity index is 1.64. The SMILES string of the molecule is CCCCC=C(c1ccc(CCNS(=O)(=O)c2ccc(OC)cc2)cc1)c1cccnc1. The molecule has 32 heavy (non-hydrogen) atoms. The summed E-state index contributed by atoms with van der Waals surface area (Å²) in [5, 5.41) is 0. The van der Waals surface area contributed by atoms with Crippen LogP contribution in [0.15, 0.2) is 84.0 Å². The van der Waals surface area contributed by atoms with Crippen LogP contribution in [-0.2, 0) is 16.4 Å². The van der Waals surface area contributed by atoms with Gasteiger partial charge in [0.2, 0.25) is 10.0 Å². The summed E-state index contributed by atoms with van der Waals surface area (Å²) in [5.41, 5.74) is 4.49. The number of pyridine rings is 1. The monoisotopic (exact) mass is 450 g/mol. The third-order valence-electron chi connectivity index (χ3n) is 5.22. The number of aromatic nitrogens is 1. The highest BCUT2D eigenvalue weighted by atomic mass is 32.2. The molecule has 0 unspecified atom stereocenters. The van der Waals surface area contributed by atoms with Gasteiger partial charge in [0, 0.05) is 24.5 Å². The third-order valence-corrected chi connectivity index (χ3v) is 6.70. The van der Waals surface area contributed by atoms with E-state index in [0.717, 1.165) is 36.0 Å². The lowest BCUT2D eigenvalue weighted by Crippen LogP contribution is -2.25. The normalized spacial score (nSPS) is 12.0. The zero-order valence-electron chi connectivity index (χ0n) is 18.6. The summed E-state index contributed by atoms with van der Waals surface area (Å²) in [7, 11) is -2.00. The maximum absolute atomic E-state index is 12.5. The van der Waals surface area contributed by atoms with Crippen molar-refractivity contribution in [2.75, 3.05) is 13.7 Å². The molecule has 0 atom stereocenters. The van der Waals surface area contributed by atoms with Crippen LogP contribution in [0, 0.1) is 0 Å². The number of hydrogen-bond acceptors (Lipinski definition) is 4. The fourth-order valence-corrected chi connectivity index (χ4v) is 4.43. The zero-order chi connectivity index (χ0) is 22.8. The molecule has 0 spiro atoms. The standard InChI is InChI=1S/C26H30N2O3S/c1-3-4-5-8-26(23-7-6-18-27-20-23)22-11-9-21(10-12-22)17-19-28-32(29,30)25-15-13-24(31-2)14-16-25/h6-16,18,20,28H,3-5,17,19H2,1-2H3. The van der Waals surface area contributed by atoms with Crippen molar-refractivity contribution in [3.05, 3.63) is 95.8 Å². The van der Waals surface area contributed by atoms with E-state index in [0.29, 0.717) is 18.7 Å². The van der Waals surface area contributed by atoms with Crippen LogP contribution in [0.1, 0.15) is 42.9 Å². The van der Waals surface area contributed by atoms with Crippen LogP contribution < -0.4 is 9.46 Å². The Hall–Kier alpha value is -2.96. The molecule has 0 amide bonds. The van der Waals surface area contributed by atoms with Crippen molar-refractivity contribution in [3.8, 4) is 5.75 Å². The molecule has 0 radical (unpaired) electrons. The summed E-state index contributed by atoms with van der Waals surface area (Å²) in [4.78, 5) is 4.49. The predicted molar refractivity (Wildman–Crippen MR) is 129 cm³/mol. The Morgan fingerprint density at radius 3 is 2.41 bits per heavy atom. The minimum atomic E-state index is -3.55. The van der Waals surface area contributed by atoms with Gasteiger partial charge in [-0.2, -0.15) is 0 Å². The topological polar surface area (TPSA) is 68.3 Å². The number of methoxy groups -OCH3 is 1. The van der Waals surface area contributed by atoms with Gasteiger partial charge in [0.1, 0.15) is 5.75 Å². The van der Waals surface area contributed by atoms with Crippen LogP contribution in [0.5, 0.6) is 5.75 Å². The van der Waals surface area contributed by atoms with Crippen molar-refractivity contribution in [3.63, 3.8) is 0 Å². The molecule has 6 heteroatoms. The van der Waals surface area contributed by atoms with E-state index < -0.39 is 10.0 Å². The van der Waals surface area contributed by atoms with Gasteiger partial charge in [0.25, 0.3) is 0 Å². The molecule has 3 aromatic rings. The Morgan fingerprint density at radius 2 is 1.78 bits per heavy atom. The molecule has 168 valence electrons. The fourth-order valence-electron chi connectivity index (χ4n) is 3.39. The number of nitrogens with one attached hydrogen (secondary N) is 1. The predicted octanol–water partition coefficient (Wildman–Crippen LogP) is 5.23. The first kappa shape index (κ1) is 23.7. The Labute approximate surface area is 191 Å². The van der Waals surface area contributed by atoms with E-state index in [1.165, 1.54) is 5.57 Å². The lowest BCUT2D eigenvalue weighted by Gasteiger charge is -2.11. The van der Waals surface area contributed by atoms with Crippen LogP contribution in [0.2, 0.25) is 0 Å². The maximum atomic E-state index is 12.5. The number of sulfonamides is 1. The van der Waals surface area contributed by atoms with Gasteiger partial charge in [-0.15, -0.1) is 0 Å². The smallest absolute Gasteiger partial charge is 0.240 e. The summed E-state index contributed by atoms with van der Waals surface area (Å²) in [6.45, 7) is 2.52. The Kier molecular flexibility index (Phi) is 8.59. The zero-order valence-corrected chi connectivity index (χ0v) is 19.4. The second-order valence-electron chi connectivity index (χ2n) is 7.52. The first-order valence-electron chi connectivity index (χ1n) is 10.9. The molecule has 3 rings (SSSR count). The van der Waals surface area contributed by atoms with E-state index >= 15 is 0 Å². The van der Waals surface area contributed by atoms with Crippen molar-refractivity contribution < 1.29 is 13.2 Å². The van der Waals surface area contributed by atoms with Crippen molar-refractivity contribution in [1.82, 2.24) is 9.71 Å². The number of unbranched alkanes of at least 4 members (excludes halogenated alkanes) is 2. The molecule has 0 fully saturated rings. The maximum Gasteiger partial charge on any atom is 0.240 e. The average Bonchev–Trinajstić information content (AvgIpc) is 2.83. The highest BCUT2D eigenvalue weighted by molar-refractivity contribution is 7.89. The minimum Gasteiger partial charge on any atom is -0.497 e. The van der Waals surface area contributed by atoms with Crippen molar-refractivity contribution in [1.29, 1.82) is 0 Å². The summed E-state index contributed by atoms with van der Waals surface area (Å²) in [6, 6.07) is 18.7. The van der Waals surface area contributed by atoms with Gasteiger partial charge in [-0.3, -0.25) is 4.98 Å². The van der Waals surface area contributed by atoms with E-state index in [2.05, 4.69) is 53.0 Å². The summed E-state index contributed by atoms with van der Waals surface area (Å²) < 4.78 is 32.7. The lowest BCUT2D eigenvalue weighted by molar-refractivity contribution is 0.414. The van der Waals surface area contributed by atoms with E-state index in [-0.39, 0.29) is 4.90 Å². The highest BCUT2D eigenvalue weighted by Crippen LogP contribution is 2.24. The lowest BCUT2D eigenvalue weighted by atomic mass is 9.96. The summed E-state index contributed by atoms with van der Waals surface area (Å²) in [5.74, 6) is 0.624. The van der Waals surface area contributed by atoms with Gasteiger partial charge in [0.05, 0.1) is 12.0 Å². The first-order chi connectivity index (χ1) is 15.5. The molecule has 0 bridgehead atoms. The molecule has 1 aromatic heterocycles.